The minimum atomic E-state index is -0.314. The predicted molar refractivity (Wildman–Crippen MR) is 117 cm³/mol. The Morgan fingerprint density at radius 3 is 2.24 bits per heavy atom. The lowest BCUT2D eigenvalue weighted by molar-refractivity contribution is -0.117. The standard InChI is InChI=1S/C22H22N4O2S/c27-21(15-26-12-10-20-16(14-26)11-13-29-20)23-18-6-8-19(9-7-18)25-22(28)24-17-4-2-1-3-5-17/h1-9,11,13H,10,12,14-15H2,(H,23,27)(H2,24,25,28). The molecule has 0 fully saturated rings. The molecule has 0 saturated carbocycles. The number of anilines is 3. The third-order valence-corrected chi connectivity index (χ3v) is 5.74. The molecule has 3 N–H and O–H groups in total. The normalized spacial score (nSPS) is 13.4. The average Bonchev–Trinajstić information content (AvgIpc) is 3.18. The molecule has 0 radical (unpaired) electrons. The van der Waals surface area contributed by atoms with Gasteiger partial charge in [0.2, 0.25) is 5.91 Å². The van der Waals surface area contributed by atoms with Crippen LogP contribution in [0.2, 0.25) is 0 Å². The summed E-state index contributed by atoms with van der Waals surface area (Å²) < 4.78 is 0. The second-order valence-corrected chi connectivity index (χ2v) is 7.90. The third kappa shape index (κ3) is 5.22. The average molecular weight is 407 g/mol. The molecule has 6 nitrogen and oxygen atoms in total. The van der Waals surface area contributed by atoms with Crippen molar-refractivity contribution in [2.75, 3.05) is 29.0 Å². The maximum Gasteiger partial charge on any atom is 0.323 e. The molecule has 0 spiro atoms. The number of para-hydroxylation sites is 1. The summed E-state index contributed by atoms with van der Waals surface area (Å²) in [5.74, 6) is -0.0359. The number of urea groups is 1. The van der Waals surface area contributed by atoms with Gasteiger partial charge in [0, 0.05) is 35.0 Å². The van der Waals surface area contributed by atoms with Gasteiger partial charge in [0.1, 0.15) is 0 Å². The molecule has 1 aliphatic rings. The Morgan fingerprint density at radius 2 is 1.52 bits per heavy atom. The van der Waals surface area contributed by atoms with Crippen LogP contribution < -0.4 is 16.0 Å². The Balaban J connectivity index is 1.26. The summed E-state index contributed by atoms with van der Waals surface area (Å²) in [7, 11) is 0. The zero-order valence-electron chi connectivity index (χ0n) is 15.9. The lowest BCUT2D eigenvalue weighted by Gasteiger charge is -2.26. The van der Waals surface area contributed by atoms with Crippen LogP contribution in [0.5, 0.6) is 0 Å². The van der Waals surface area contributed by atoms with E-state index in [2.05, 4.69) is 32.3 Å². The van der Waals surface area contributed by atoms with Crippen molar-refractivity contribution in [3.8, 4) is 0 Å². The Hall–Kier alpha value is -3.16. The number of carbonyl (C=O) groups excluding carboxylic acids is 2. The van der Waals surface area contributed by atoms with Crippen LogP contribution in [0.4, 0.5) is 21.9 Å². The zero-order valence-corrected chi connectivity index (χ0v) is 16.7. The number of benzene rings is 2. The summed E-state index contributed by atoms with van der Waals surface area (Å²) in [5.41, 5.74) is 3.41. The SMILES string of the molecule is O=C(CN1CCc2sccc2C1)Nc1ccc(NC(=O)Nc2ccccc2)cc1. The van der Waals surface area contributed by atoms with Gasteiger partial charge in [0.15, 0.2) is 0 Å². The minimum Gasteiger partial charge on any atom is -0.325 e. The first kappa shape index (κ1) is 19.2. The van der Waals surface area contributed by atoms with Crippen molar-refractivity contribution in [3.05, 3.63) is 76.5 Å². The third-order valence-electron chi connectivity index (χ3n) is 4.71. The number of hydrogen-bond donors (Lipinski definition) is 3. The molecule has 1 aliphatic heterocycles. The number of thiophene rings is 1. The number of rotatable bonds is 5. The van der Waals surface area contributed by atoms with Crippen molar-refractivity contribution in [2.24, 2.45) is 0 Å². The van der Waals surface area contributed by atoms with E-state index in [0.29, 0.717) is 17.9 Å². The highest BCUT2D eigenvalue weighted by molar-refractivity contribution is 7.10. The topological polar surface area (TPSA) is 73.5 Å². The van der Waals surface area contributed by atoms with E-state index in [1.165, 1.54) is 10.4 Å². The van der Waals surface area contributed by atoms with E-state index in [9.17, 15) is 9.59 Å². The van der Waals surface area contributed by atoms with Crippen LogP contribution in [-0.4, -0.2) is 29.9 Å². The molecular weight excluding hydrogens is 384 g/mol. The largest absolute Gasteiger partial charge is 0.325 e. The van der Waals surface area contributed by atoms with Crippen molar-refractivity contribution in [1.29, 1.82) is 0 Å². The molecule has 0 unspecified atom stereocenters. The van der Waals surface area contributed by atoms with E-state index in [4.69, 9.17) is 0 Å². The van der Waals surface area contributed by atoms with Gasteiger partial charge in [0.05, 0.1) is 6.54 Å². The Labute approximate surface area is 173 Å². The van der Waals surface area contributed by atoms with Crippen LogP contribution >= 0.6 is 11.3 Å². The Bertz CT molecular complexity index is 986. The molecule has 1 aromatic heterocycles. The monoisotopic (exact) mass is 406 g/mol. The van der Waals surface area contributed by atoms with Gasteiger partial charge in [-0.05, 0) is 59.8 Å². The summed E-state index contributed by atoms with van der Waals surface area (Å²) in [6.07, 6.45) is 1.01. The van der Waals surface area contributed by atoms with Crippen molar-refractivity contribution in [2.45, 2.75) is 13.0 Å². The molecule has 0 saturated heterocycles. The molecule has 3 amide bonds. The Kier molecular flexibility index (Phi) is 5.88. The number of carbonyl (C=O) groups is 2. The van der Waals surface area contributed by atoms with Crippen LogP contribution in [0, 0.1) is 0 Å². The first-order valence-electron chi connectivity index (χ1n) is 9.46. The second-order valence-electron chi connectivity index (χ2n) is 6.90. The van der Waals surface area contributed by atoms with Gasteiger partial charge in [0.25, 0.3) is 0 Å². The summed E-state index contributed by atoms with van der Waals surface area (Å²) in [5, 5.41) is 10.6. The fourth-order valence-electron chi connectivity index (χ4n) is 3.30. The smallest absolute Gasteiger partial charge is 0.323 e. The minimum absolute atomic E-state index is 0.0359. The van der Waals surface area contributed by atoms with Gasteiger partial charge in [-0.25, -0.2) is 4.79 Å². The quantitative estimate of drug-likeness (QED) is 0.588. The number of fused-ring (bicyclic) bond motifs is 1. The predicted octanol–water partition coefficient (Wildman–Crippen LogP) is 4.39. The Morgan fingerprint density at radius 1 is 0.862 bits per heavy atom. The van der Waals surface area contributed by atoms with E-state index in [1.54, 1.807) is 35.6 Å². The van der Waals surface area contributed by atoms with Gasteiger partial charge in [-0.15, -0.1) is 11.3 Å². The maximum atomic E-state index is 12.4. The number of nitrogens with one attached hydrogen (secondary N) is 3. The second kappa shape index (κ2) is 8.89. The molecule has 7 heteroatoms. The molecule has 0 atom stereocenters. The van der Waals surface area contributed by atoms with Gasteiger partial charge in [-0.2, -0.15) is 0 Å². The highest BCUT2D eigenvalue weighted by atomic mass is 32.1. The van der Waals surface area contributed by atoms with Crippen molar-refractivity contribution >= 4 is 40.3 Å². The molecular formula is C22H22N4O2S. The van der Waals surface area contributed by atoms with E-state index < -0.39 is 0 Å². The van der Waals surface area contributed by atoms with Crippen molar-refractivity contribution in [3.63, 3.8) is 0 Å². The van der Waals surface area contributed by atoms with Crippen molar-refractivity contribution < 1.29 is 9.59 Å². The first-order valence-corrected chi connectivity index (χ1v) is 10.3. The van der Waals surface area contributed by atoms with E-state index in [0.717, 1.165) is 25.2 Å². The van der Waals surface area contributed by atoms with E-state index >= 15 is 0 Å². The van der Waals surface area contributed by atoms with Gasteiger partial charge in [-0.3, -0.25) is 9.69 Å². The van der Waals surface area contributed by atoms with Crippen LogP contribution in [0.1, 0.15) is 10.4 Å². The summed E-state index contributed by atoms with van der Waals surface area (Å²) in [6, 6.07) is 18.2. The number of amides is 3. The molecule has 2 heterocycles. The van der Waals surface area contributed by atoms with Crippen LogP contribution in [0.25, 0.3) is 0 Å². The van der Waals surface area contributed by atoms with Crippen LogP contribution in [0.3, 0.4) is 0 Å². The van der Waals surface area contributed by atoms with Crippen LogP contribution in [-0.2, 0) is 17.8 Å². The lowest BCUT2D eigenvalue weighted by atomic mass is 10.1. The van der Waals surface area contributed by atoms with Gasteiger partial charge in [-0.1, -0.05) is 18.2 Å². The molecule has 29 heavy (non-hydrogen) atoms. The van der Waals surface area contributed by atoms with Gasteiger partial charge >= 0.3 is 6.03 Å². The van der Waals surface area contributed by atoms with E-state index in [1.807, 2.05) is 30.3 Å². The zero-order chi connectivity index (χ0) is 20.1. The fraction of sp³-hybridized carbons (Fsp3) is 0.182. The molecule has 4 rings (SSSR count). The highest BCUT2D eigenvalue weighted by Gasteiger charge is 2.19. The van der Waals surface area contributed by atoms with Crippen LogP contribution in [0.15, 0.2) is 66.0 Å². The fourth-order valence-corrected chi connectivity index (χ4v) is 4.19. The maximum absolute atomic E-state index is 12.4. The summed E-state index contributed by atoms with van der Waals surface area (Å²) >= 11 is 1.79. The highest BCUT2D eigenvalue weighted by Crippen LogP contribution is 2.24. The molecule has 148 valence electrons. The molecule has 3 aromatic rings. The molecule has 0 bridgehead atoms. The van der Waals surface area contributed by atoms with Gasteiger partial charge < -0.3 is 16.0 Å². The van der Waals surface area contributed by atoms with Crippen molar-refractivity contribution in [1.82, 2.24) is 4.90 Å². The first-order chi connectivity index (χ1) is 14.2. The summed E-state index contributed by atoms with van der Waals surface area (Å²) in [4.78, 5) is 28.0. The molecule has 0 aliphatic carbocycles. The summed E-state index contributed by atoms with van der Waals surface area (Å²) in [6.45, 7) is 2.10. The number of nitrogens with zero attached hydrogens (tertiary/aromatic N) is 1. The lowest BCUT2D eigenvalue weighted by Crippen LogP contribution is -2.36. The number of hydrogen-bond acceptors (Lipinski definition) is 4. The van der Waals surface area contributed by atoms with E-state index in [-0.39, 0.29) is 11.9 Å². The molecule has 2 aromatic carbocycles.